The van der Waals surface area contributed by atoms with Crippen LogP contribution in [0.1, 0.15) is 12.8 Å². The normalized spacial score (nSPS) is 15.0. The first-order valence-electron chi connectivity index (χ1n) is 3.46. The smallest absolute Gasteiger partial charge is 0.137 e. The van der Waals surface area contributed by atoms with Crippen LogP contribution < -0.4 is 0 Å². The van der Waals surface area contributed by atoms with E-state index in [0.29, 0.717) is 19.1 Å². The second kappa shape index (κ2) is 5.90. The number of hydrogen-bond donors (Lipinski definition) is 2. The minimum atomic E-state index is -0.815. The highest BCUT2D eigenvalue weighted by Crippen LogP contribution is 2.05. The lowest BCUT2D eigenvalue weighted by molar-refractivity contribution is -0.112. The number of rotatable bonds is 5. The molecule has 0 aliphatic carbocycles. The summed E-state index contributed by atoms with van der Waals surface area (Å²) in [5.41, 5.74) is 0. The van der Waals surface area contributed by atoms with Gasteiger partial charge >= 0.3 is 0 Å². The fourth-order valence-corrected chi connectivity index (χ4v) is 0.721. The molecule has 0 saturated heterocycles. The summed E-state index contributed by atoms with van der Waals surface area (Å²) in [5.74, 6) is 1.43. The van der Waals surface area contributed by atoms with Crippen molar-refractivity contribution in [2.45, 2.75) is 18.9 Å². The first-order chi connectivity index (χ1) is 5.26. The lowest BCUT2D eigenvalue weighted by atomic mass is 10.0. The van der Waals surface area contributed by atoms with Gasteiger partial charge in [-0.3, -0.25) is 0 Å². The maximum Gasteiger partial charge on any atom is 0.137 e. The van der Waals surface area contributed by atoms with Crippen LogP contribution in [0.5, 0.6) is 0 Å². The summed E-state index contributed by atoms with van der Waals surface area (Å²) in [6, 6.07) is 0. The Hall–Kier alpha value is -0.850. The fourth-order valence-electron chi connectivity index (χ4n) is 0.721. The Morgan fingerprint density at radius 3 is 2.64 bits per heavy atom. The molecular formula is C8H12O3. The number of carbonyl (C=O) groups excluding carboxylic acids is 1. The zero-order valence-electron chi connectivity index (χ0n) is 6.23. The van der Waals surface area contributed by atoms with Gasteiger partial charge in [0.2, 0.25) is 0 Å². The maximum absolute atomic E-state index is 10.2. The zero-order chi connectivity index (χ0) is 8.69. The second-order valence-electron chi connectivity index (χ2n) is 2.26. The van der Waals surface area contributed by atoms with Crippen molar-refractivity contribution < 1.29 is 15.0 Å². The molecule has 2 atom stereocenters. The maximum atomic E-state index is 10.2. The summed E-state index contributed by atoms with van der Waals surface area (Å²) in [6.45, 7) is 0.00715. The van der Waals surface area contributed by atoms with Gasteiger partial charge in [0, 0.05) is 6.61 Å². The van der Waals surface area contributed by atoms with Crippen LogP contribution in [0.3, 0.4) is 0 Å². The van der Waals surface area contributed by atoms with Crippen molar-refractivity contribution in [3.63, 3.8) is 0 Å². The van der Waals surface area contributed by atoms with Crippen molar-refractivity contribution in [1.29, 1.82) is 0 Å². The van der Waals surface area contributed by atoms with Gasteiger partial charge in [-0.2, -0.15) is 0 Å². The fraction of sp³-hybridized carbons (Fsp3) is 0.625. The van der Waals surface area contributed by atoms with Gasteiger partial charge in [0.1, 0.15) is 12.2 Å². The Morgan fingerprint density at radius 2 is 2.27 bits per heavy atom. The molecule has 0 radical (unpaired) electrons. The van der Waals surface area contributed by atoms with Crippen LogP contribution in [0.2, 0.25) is 0 Å². The van der Waals surface area contributed by atoms with Crippen molar-refractivity contribution in [3.8, 4) is 12.3 Å². The summed E-state index contributed by atoms with van der Waals surface area (Å²) in [7, 11) is 0. The van der Waals surface area contributed by atoms with Crippen LogP contribution in [0.4, 0.5) is 0 Å². The monoisotopic (exact) mass is 156 g/mol. The molecule has 0 bridgehead atoms. The molecule has 0 aliphatic heterocycles. The van der Waals surface area contributed by atoms with E-state index in [1.54, 1.807) is 0 Å². The molecule has 62 valence electrons. The highest BCUT2D eigenvalue weighted by molar-refractivity contribution is 5.59. The predicted octanol–water partition coefficient (Wildman–Crippen LogP) is -0.432. The molecule has 0 aromatic rings. The molecule has 0 aromatic heterocycles. The topological polar surface area (TPSA) is 57.5 Å². The predicted molar refractivity (Wildman–Crippen MR) is 40.7 cm³/mol. The van der Waals surface area contributed by atoms with Gasteiger partial charge in [0.05, 0.1) is 6.10 Å². The number of aliphatic hydroxyl groups excluding tert-OH is 2. The van der Waals surface area contributed by atoms with E-state index in [2.05, 4.69) is 5.92 Å². The number of hydrogen-bond acceptors (Lipinski definition) is 3. The van der Waals surface area contributed by atoms with Crippen LogP contribution in [0.15, 0.2) is 0 Å². The molecule has 0 spiro atoms. The third-order valence-corrected chi connectivity index (χ3v) is 1.41. The van der Waals surface area contributed by atoms with E-state index in [0.717, 1.165) is 0 Å². The molecule has 0 aliphatic rings. The Kier molecular flexibility index (Phi) is 5.44. The molecule has 2 N–H and O–H groups in total. The van der Waals surface area contributed by atoms with E-state index >= 15 is 0 Å². The third-order valence-electron chi connectivity index (χ3n) is 1.41. The zero-order valence-corrected chi connectivity index (χ0v) is 6.23. The summed E-state index contributed by atoms with van der Waals surface area (Å²) in [4.78, 5) is 10.2. The summed E-state index contributed by atoms with van der Waals surface area (Å²) in [6.07, 6.45) is 5.51. The molecule has 0 fully saturated rings. The van der Waals surface area contributed by atoms with Crippen LogP contribution >= 0.6 is 0 Å². The van der Waals surface area contributed by atoms with Crippen molar-refractivity contribution in [2.75, 3.05) is 6.61 Å². The molecule has 0 amide bonds. The van der Waals surface area contributed by atoms with Gasteiger partial charge in [-0.15, -0.1) is 6.42 Å². The van der Waals surface area contributed by atoms with Crippen molar-refractivity contribution in [2.24, 2.45) is 5.92 Å². The van der Waals surface area contributed by atoms with Crippen molar-refractivity contribution in [1.82, 2.24) is 0 Å². The van der Waals surface area contributed by atoms with Crippen molar-refractivity contribution in [3.05, 3.63) is 0 Å². The van der Waals surface area contributed by atoms with Crippen LogP contribution in [-0.4, -0.2) is 29.2 Å². The molecule has 0 rings (SSSR count). The average molecular weight is 156 g/mol. The Balaban J connectivity index is 3.71. The molecular weight excluding hydrogens is 144 g/mol. The summed E-state index contributed by atoms with van der Waals surface area (Å²) < 4.78 is 0. The second-order valence-corrected chi connectivity index (χ2v) is 2.26. The first kappa shape index (κ1) is 10.2. The van der Waals surface area contributed by atoms with E-state index in [4.69, 9.17) is 16.6 Å². The van der Waals surface area contributed by atoms with E-state index in [9.17, 15) is 4.79 Å². The minimum Gasteiger partial charge on any atom is -0.396 e. The van der Waals surface area contributed by atoms with Gasteiger partial charge in [-0.05, 0) is 12.8 Å². The number of carbonyl (C=O) groups is 1. The van der Waals surface area contributed by atoms with Crippen LogP contribution in [0.25, 0.3) is 0 Å². The van der Waals surface area contributed by atoms with Gasteiger partial charge in [-0.1, -0.05) is 5.92 Å². The van der Waals surface area contributed by atoms with Crippen molar-refractivity contribution >= 4 is 6.29 Å². The summed E-state index contributed by atoms with van der Waals surface area (Å²) in [5, 5.41) is 17.5. The molecule has 0 saturated carbocycles. The minimum absolute atomic E-state index is 0.00715. The largest absolute Gasteiger partial charge is 0.396 e. The highest BCUT2D eigenvalue weighted by atomic mass is 16.3. The highest BCUT2D eigenvalue weighted by Gasteiger charge is 2.14. The third kappa shape index (κ3) is 3.76. The van der Waals surface area contributed by atoms with E-state index in [1.165, 1.54) is 0 Å². The number of terminal acetylenes is 1. The van der Waals surface area contributed by atoms with Crippen LogP contribution in [-0.2, 0) is 4.79 Å². The molecule has 1 unspecified atom stereocenters. The SMILES string of the molecule is C#CC(C=O)[C@H](O)CCCO. The van der Waals surface area contributed by atoms with Gasteiger partial charge in [-0.25, -0.2) is 0 Å². The molecule has 0 aromatic carbocycles. The Morgan fingerprint density at radius 1 is 1.64 bits per heavy atom. The first-order valence-corrected chi connectivity index (χ1v) is 3.46. The molecule has 0 heterocycles. The standard InChI is InChI=1S/C8H12O3/c1-2-7(6-10)8(11)4-3-5-9/h1,6-9,11H,3-5H2/t7?,8-/m1/s1. The van der Waals surface area contributed by atoms with E-state index in [-0.39, 0.29) is 6.61 Å². The number of aliphatic hydroxyl groups is 2. The number of aldehydes is 1. The molecule has 3 heteroatoms. The average Bonchev–Trinajstić information content (AvgIpc) is 2.03. The Labute approximate surface area is 66.0 Å². The van der Waals surface area contributed by atoms with Gasteiger partial charge in [0.15, 0.2) is 0 Å². The van der Waals surface area contributed by atoms with E-state index in [1.807, 2.05) is 0 Å². The van der Waals surface area contributed by atoms with Gasteiger partial charge < -0.3 is 15.0 Å². The lowest BCUT2D eigenvalue weighted by Crippen LogP contribution is -2.20. The molecule has 3 nitrogen and oxygen atoms in total. The van der Waals surface area contributed by atoms with E-state index < -0.39 is 12.0 Å². The Bertz CT molecular complexity index is 148. The lowest BCUT2D eigenvalue weighted by Gasteiger charge is -2.10. The van der Waals surface area contributed by atoms with Crippen LogP contribution in [0, 0.1) is 18.3 Å². The quantitative estimate of drug-likeness (QED) is 0.419. The summed E-state index contributed by atoms with van der Waals surface area (Å²) >= 11 is 0. The van der Waals surface area contributed by atoms with Gasteiger partial charge in [0.25, 0.3) is 0 Å². The molecule has 11 heavy (non-hydrogen) atoms.